The molecule has 1 atom stereocenters. The number of hydrogen-bond acceptors (Lipinski definition) is 2. The molecule has 0 spiro atoms. The van der Waals surface area contributed by atoms with Gasteiger partial charge in [0.05, 0.1) is 10.8 Å². The van der Waals surface area contributed by atoms with Crippen molar-refractivity contribution >= 4 is 11.9 Å². The SMILES string of the molecule is CCCCC(CC)(CCCCC(CCCC)(CCCC)C(=O)O)C(=O)O. The van der Waals surface area contributed by atoms with E-state index in [4.69, 9.17) is 0 Å². The van der Waals surface area contributed by atoms with E-state index in [-0.39, 0.29) is 0 Å². The molecule has 154 valence electrons. The van der Waals surface area contributed by atoms with Gasteiger partial charge in [-0.15, -0.1) is 0 Å². The topological polar surface area (TPSA) is 74.6 Å². The summed E-state index contributed by atoms with van der Waals surface area (Å²) in [6, 6.07) is 0. The van der Waals surface area contributed by atoms with Crippen LogP contribution in [0.2, 0.25) is 0 Å². The first-order valence-corrected chi connectivity index (χ1v) is 10.8. The fraction of sp³-hybridized carbons (Fsp3) is 0.909. The van der Waals surface area contributed by atoms with Gasteiger partial charge < -0.3 is 10.2 Å². The molecule has 4 heteroatoms. The van der Waals surface area contributed by atoms with E-state index in [2.05, 4.69) is 20.8 Å². The van der Waals surface area contributed by atoms with Gasteiger partial charge in [0.15, 0.2) is 0 Å². The van der Waals surface area contributed by atoms with Gasteiger partial charge in [-0.25, -0.2) is 0 Å². The summed E-state index contributed by atoms with van der Waals surface area (Å²) in [5, 5.41) is 19.6. The molecule has 0 aliphatic carbocycles. The van der Waals surface area contributed by atoms with Crippen LogP contribution in [-0.4, -0.2) is 22.2 Å². The maximum Gasteiger partial charge on any atom is 0.309 e. The molecule has 0 saturated heterocycles. The third-order valence-electron chi connectivity index (χ3n) is 6.17. The number of unbranched alkanes of at least 4 members (excludes halogenated alkanes) is 4. The third kappa shape index (κ3) is 7.67. The molecule has 0 rings (SSSR count). The summed E-state index contributed by atoms with van der Waals surface area (Å²) in [7, 11) is 0. The highest BCUT2D eigenvalue weighted by Gasteiger charge is 2.38. The van der Waals surface area contributed by atoms with Crippen LogP contribution >= 0.6 is 0 Å². The average molecular weight is 371 g/mol. The lowest BCUT2D eigenvalue weighted by Gasteiger charge is -2.31. The molecule has 2 N–H and O–H groups in total. The minimum absolute atomic E-state index is 0.618. The average Bonchev–Trinajstić information content (AvgIpc) is 2.62. The van der Waals surface area contributed by atoms with E-state index in [1.165, 1.54) is 0 Å². The van der Waals surface area contributed by atoms with Gasteiger partial charge >= 0.3 is 11.9 Å². The van der Waals surface area contributed by atoms with Crippen molar-refractivity contribution in [3.63, 3.8) is 0 Å². The second kappa shape index (κ2) is 13.2. The molecule has 0 heterocycles. The Kier molecular flexibility index (Phi) is 12.6. The van der Waals surface area contributed by atoms with Crippen LogP contribution in [0.1, 0.15) is 118 Å². The molecule has 4 nitrogen and oxygen atoms in total. The predicted molar refractivity (Wildman–Crippen MR) is 107 cm³/mol. The van der Waals surface area contributed by atoms with Crippen molar-refractivity contribution < 1.29 is 19.8 Å². The monoisotopic (exact) mass is 370 g/mol. The largest absolute Gasteiger partial charge is 0.481 e. The second-order valence-electron chi connectivity index (χ2n) is 8.04. The lowest BCUT2D eigenvalue weighted by Crippen LogP contribution is -2.32. The highest BCUT2D eigenvalue weighted by molar-refractivity contribution is 5.75. The van der Waals surface area contributed by atoms with Gasteiger partial charge in [-0.1, -0.05) is 79.1 Å². The Morgan fingerprint density at radius 1 is 0.577 bits per heavy atom. The number of carboxylic acids is 2. The summed E-state index contributed by atoms with van der Waals surface area (Å²) in [5.74, 6) is -1.35. The van der Waals surface area contributed by atoms with Gasteiger partial charge in [0, 0.05) is 0 Å². The van der Waals surface area contributed by atoms with Crippen molar-refractivity contribution in [3.05, 3.63) is 0 Å². The van der Waals surface area contributed by atoms with Crippen LogP contribution in [0.3, 0.4) is 0 Å². The van der Waals surface area contributed by atoms with Crippen molar-refractivity contribution in [2.75, 3.05) is 0 Å². The highest BCUT2D eigenvalue weighted by atomic mass is 16.4. The fourth-order valence-corrected chi connectivity index (χ4v) is 4.01. The van der Waals surface area contributed by atoms with Crippen LogP contribution in [0, 0.1) is 10.8 Å². The van der Waals surface area contributed by atoms with Crippen LogP contribution in [0.4, 0.5) is 0 Å². The molecule has 0 saturated carbocycles. The Morgan fingerprint density at radius 3 is 1.19 bits per heavy atom. The zero-order chi connectivity index (χ0) is 20.1. The van der Waals surface area contributed by atoms with Gasteiger partial charge in [-0.3, -0.25) is 9.59 Å². The Morgan fingerprint density at radius 2 is 0.885 bits per heavy atom. The molecule has 0 aromatic heterocycles. The van der Waals surface area contributed by atoms with Crippen LogP contribution in [0.25, 0.3) is 0 Å². The normalized spacial score (nSPS) is 14.2. The first-order valence-electron chi connectivity index (χ1n) is 10.8. The Hall–Kier alpha value is -1.06. The van der Waals surface area contributed by atoms with Crippen LogP contribution in [0.15, 0.2) is 0 Å². The van der Waals surface area contributed by atoms with E-state index in [1.54, 1.807) is 0 Å². The third-order valence-corrected chi connectivity index (χ3v) is 6.17. The Balaban J connectivity index is 4.89. The smallest absolute Gasteiger partial charge is 0.309 e. The minimum atomic E-state index is -0.685. The maximum absolute atomic E-state index is 12.0. The molecule has 1 unspecified atom stereocenters. The van der Waals surface area contributed by atoms with E-state index >= 15 is 0 Å². The quantitative estimate of drug-likeness (QED) is 0.280. The number of rotatable bonds is 17. The van der Waals surface area contributed by atoms with Crippen LogP contribution in [0.5, 0.6) is 0 Å². The molecule has 0 aliphatic heterocycles. The molecule has 0 bridgehead atoms. The highest BCUT2D eigenvalue weighted by Crippen LogP contribution is 2.39. The van der Waals surface area contributed by atoms with E-state index < -0.39 is 22.8 Å². The van der Waals surface area contributed by atoms with E-state index in [1.807, 2.05) is 6.92 Å². The van der Waals surface area contributed by atoms with Crippen LogP contribution in [-0.2, 0) is 9.59 Å². The van der Waals surface area contributed by atoms with Gasteiger partial charge in [0.25, 0.3) is 0 Å². The first-order chi connectivity index (χ1) is 12.3. The molecule has 26 heavy (non-hydrogen) atoms. The number of aliphatic carboxylic acids is 2. The standard InChI is InChI=1S/C22H42O4/c1-5-9-14-21(8-4,19(23)24)17-12-13-18-22(20(25)26,15-10-6-2)16-11-7-3/h5-18H2,1-4H3,(H,23,24)(H,25,26). The molecule has 0 radical (unpaired) electrons. The van der Waals surface area contributed by atoms with E-state index in [9.17, 15) is 19.8 Å². The van der Waals surface area contributed by atoms with E-state index in [0.29, 0.717) is 19.3 Å². The lowest BCUT2D eigenvalue weighted by atomic mass is 9.72. The van der Waals surface area contributed by atoms with Crippen molar-refractivity contribution in [1.29, 1.82) is 0 Å². The predicted octanol–water partition coefficient (Wildman–Crippen LogP) is 6.67. The summed E-state index contributed by atoms with van der Waals surface area (Å²) in [6.45, 7) is 8.25. The summed E-state index contributed by atoms with van der Waals surface area (Å²) in [6.07, 6.45) is 11.7. The van der Waals surface area contributed by atoms with Crippen molar-refractivity contribution in [3.8, 4) is 0 Å². The Labute approximate surface area is 160 Å². The van der Waals surface area contributed by atoms with Gasteiger partial charge in [0.1, 0.15) is 0 Å². The van der Waals surface area contributed by atoms with Crippen molar-refractivity contribution in [2.24, 2.45) is 10.8 Å². The molecule has 0 fully saturated rings. The van der Waals surface area contributed by atoms with Crippen molar-refractivity contribution in [1.82, 2.24) is 0 Å². The molecule has 0 aromatic carbocycles. The second-order valence-corrected chi connectivity index (χ2v) is 8.04. The van der Waals surface area contributed by atoms with Crippen molar-refractivity contribution in [2.45, 2.75) is 118 Å². The van der Waals surface area contributed by atoms with Gasteiger partial charge in [-0.05, 0) is 38.5 Å². The zero-order valence-electron chi connectivity index (χ0n) is 17.6. The summed E-state index contributed by atoms with van der Waals surface area (Å²) >= 11 is 0. The van der Waals surface area contributed by atoms with Gasteiger partial charge in [0.2, 0.25) is 0 Å². The summed E-state index contributed by atoms with van der Waals surface area (Å²) in [4.78, 5) is 23.9. The van der Waals surface area contributed by atoms with Crippen LogP contribution < -0.4 is 0 Å². The molecule has 0 aromatic rings. The zero-order valence-corrected chi connectivity index (χ0v) is 17.6. The fourth-order valence-electron chi connectivity index (χ4n) is 4.01. The number of hydrogen-bond donors (Lipinski definition) is 2. The first kappa shape index (κ1) is 24.9. The summed E-state index contributed by atoms with van der Waals surface area (Å²) < 4.78 is 0. The Bertz CT molecular complexity index is 397. The number of carboxylic acid groups (broad SMARTS) is 2. The van der Waals surface area contributed by atoms with E-state index in [0.717, 1.165) is 70.6 Å². The minimum Gasteiger partial charge on any atom is -0.481 e. The molecular weight excluding hydrogens is 328 g/mol. The lowest BCUT2D eigenvalue weighted by molar-refractivity contribution is -0.152. The molecule has 0 amide bonds. The molecule has 0 aliphatic rings. The summed E-state index contributed by atoms with van der Waals surface area (Å²) in [5.41, 5.74) is -1.25. The molecular formula is C22H42O4. The van der Waals surface area contributed by atoms with Gasteiger partial charge in [-0.2, -0.15) is 0 Å². The maximum atomic E-state index is 12.0. The number of carbonyl (C=O) groups is 2.